The highest BCUT2D eigenvalue weighted by atomic mass is 35.5. The van der Waals surface area contributed by atoms with Crippen LogP contribution >= 0.6 is 23.8 Å². The van der Waals surface area contributed by atoms with Gasteiger partial charge in [0.05, 0.1) is 7.11 Å². The Morgan fingerprint density at radius 1 is 1.19 bits per heavy atom. The van der Waals surface area contributed by atoms with Crippen LogP contribution in [0.2, 0.25) is 5.02 Å². The summed E-state index contributed by atoms with van der Waals surface area (Å²) in [5.41, 5.74) is 8.02. The molecule has 2 aromatic carbocycles. The summed E-state index contributed by atoms with van der Waals surface area (Å²) in [6.07, 6.45) is 3.08. The second kappa shape index (κ2) is 9.79. The molecular weight excluding hydrogens is 370 g/mol. The van der Waals surface area contributed by atoms with Gasteiger partial charge in [0.1, 0.15) is 5.75 Å². The number of rotatable bonds is 5. The van der Waals surface area contributed by atoms with Gasteiger partial charge in [-0.1, -0.05) is 35.9 Å². The minimum atomic E-state index is -0.324. The van der Waals surface area contributed by atoms with E-state index in [0.717, 1.165) is 22.4 Å². The molecular formula is C19H20ClN3O2S. The minimum Gasteiger partial charge on any atom is -0.497 e. The van der Waals surface area contributed by atoms with E-state index in [9.17, 15) is 4.79 Å². The third kappa shape index (κ3) is 6.38. The van der Waals surface area contributed by atoms with E-state index in [-0.39, 0.29) is 5.91 Å². The third-order valence-electron chi connectivity index (χ3n) is 3.53. The number of ether oxygens (including phenoxy) is 1. The smallest absolute Gasteiger partial charge is 0.262 e. The van der Waals surface area contributed by atoms with Crippen LogP contribution in [0, 0.1) is 6.92 Å². The maximum atomic E-state index is 11.8. The van der Waals surface area contributed by atoms with Gasteiger partial charge in [-0.05, 0) is 60.1 Å². The Balaban J connectivity index is 1.74. The molecule has 0 aliphatic rings. The van der Waals surface area contributed by atoms with Crippen molar-refractivity contribution in [2.45, 2.75) is 13.5 Å². The highest BCUT2D eigenvalue weighted by molar-refractivity contribution is 7.80. The summed E-state index contributed by atoms with van der Waals surface area (Å²) in [4.78, 5) is 11.8. The molecule has 136 valence electrons. The standard InChI is InChI=1S/C19H20ClN3O2S/c1-13-3-4-14(11-17(13)20)7-10-18(24)22-23-19(26)21-12-15-5-8-16(25-2)9-6-15/h3-11H,12H2,1-2H3,(H,22,24)(H2,21,23,26)/b10-7+. The van der Waals surface area contributed by atoms with Crippen molar-refractivity contribution in [3.05, 3.63) is 70.3 Å². The molecule has 2 aromatic rings. The predicted octanol–water partition coefficient (Wildman–Crippen LogP) is 3.37. The Morgan fingerprint density at radius 3 is 2.58 bits per heavy atom. The SMILES string of the molecule is COc1ccc(CNC(=S)NNC(=O)/C=C/c2ccc(C)c(Cl)c2)cc1. The van der Waals surface area contributed by atoms with E-state index in [0.29, 0.717) is 16.7 Å². The van der Waals surface area contributed by atoms with E-state index in [4.69, 9.17) is 28.6 Å². The average molecular weight is 390 g/mol. The van der Waals surface area contributed by atoms with Gasteiger partial charge >= 0.3 is 0 Å². The number of aryl methyl sites for hydroxylation is 1. The molecule has 0 radical (unpaired) electrons. The lowest BCUT2D eigenvalue weighted by Gasteiger charge is -2.11. The largest absolute Gasteiger partial charge is 0.497 e. The van der Waals surface area contributed by atoms with Gasteiger partial charge in [-0.3, -0.25) is 15.6 Å². The third-order valence-corrected chi connectivity index (χ3v) is 4.19. The number of hydrogen-bond acceptors (Lipinski definition) is 3. The van der Waals surface area contributed by atoms with Crippen LogP contribution in [0.1, 0.15) is 16.7 Å². The molecule has 2 rings (SSSR count). The number of thiocarbonyl (C=S) groups is 1. The lowest BCUT2D eigenvalue weighted by atomic mass is 10.1. The van der Waals surface area contributed by atoms with Gasteiger partial charge in [0.15, 0.2) is 5.11 Å². The van der Waals surface area contributed by atoms with Crippen LogP contribution in [0.25, 0.3) is 6.08 Å². The molecule has 0 atom stereocenters. The number of carbonyl (C=O) groups excluding carboxylic acids is 1. The van der Waals surface area contributed by atoms with Crippen LogP contribution in [0.3, 0.4) is 0 Å². The number of benzene rings is 2. The fraction of sp³-hybridized carbons (Fsp3) is 0.158. The quantitative estimate of drug-likeness (QED) is 0.416. The number of amides is 1. The maximum absolute atomic E-state index is 11.8. The molecule has 3 N–H and O–H groups in total. The molecule has 0 saturated heterocycles. The fourth-order valence-electron chi connectivity index (χ4n) is 2.01. The lowest BCUT2D eigenvalue weighted by molar-refractivity contribution is -0.116. The highest BCUT2D eigenvalue weighted by Crippen LogP contribution is 2.17. The van der Waals surface area contributed by atoms with Crippen molar-refractivity contribution in [1.82, 2.24) is 16.2 Å². The number of carbonyl (C=O) groups is 1. The summed E-state index contributed by atoms with van der Waals surface area (Å²) in [6, 6.07) is 13.2. The zero-order valence-corrected chi connectivity index (χ0v) is 16.1. The first-order valence-electron chi connectivity index (χ1n) is 7.89. The van der Waals surface area contributed by atoms with Gasteiger partial charge in [-0.25, -0.2) is 0 Å². The number of hydrogen-bond donors (Lipinski definition) is 3. The minimum absolute atomic E-state index is 0.320. The molecule has 0 bridgehead atoms. The summed E-state index contributed by atoms with van der Waals surface area (Å²) in [6.45, 7) is 2.45. The number of hydrazine groups is 1. The van der Waals surface area contributed by atoms with E-state index in [1.165, 1.54) is 6.08 Å². The predicted molar refractivity (Wildman–Crippen MR) is 109 cm³/mol. The summed E-state index contributed by atoms with van der Waals surface area (Å²) < 4.78 is 5.11. The van der Waals surface area contributed by atoms with E-state index in [1.807, 2.05) is 43.3 Å². The molecule has 0 aliphatic heterocycles. The van der Waals surface area contributed by atoms with Crippen LogP contribution in [-0.2, 0) is 11.3 Å². The number of methoxy groups -OCH3 is 1. The topological polar surface area (TPSA) is 62.4 Å². The van der Waals surface area contributed by atoms with E-state index in [2.05, 4.69) is 16.2 Å². The highest BCUT2D eigenvalue weighted by Gasteiger charge is 2.00. The molecule has 7 heteroatoms. The fourth-order valence-corrected chi connectivity index (χ4v) is 2.33. The Bertz CT molecular complexity index is 807. The first kappa shape index (κ1) is 19.8. The van der Waals surface area contributed by atoms with Gasteiger partial charge in [0.25, 0.3) is 5.91 Å². The molecule has 0 heterocycles. The maximum Gasteiger partial charge on any atom is 0.262 e. The van der Waals surface area contributed by atoms with Crippen LogP contribution < -0.4 is 20.9 Å². The Hall–Kier alpha value is -2.57. The number of halogens is 1. The monoisotopic (exact) mass is 389 g/mol. The Labute approximate surface area is 163 Å². The molecule has 0 spiro atoms. The van der Waals surface area contributed by atoms with Crippen LogP contribution in [0.5, 0.6) is 5.75 Å². The molecule has 26 heavy (non-hydrogen) atoms. The van der Waals surface area contributed by atoms with Gasteiger partial charge in [-0.15, -0.1) is 0 Å². The first-order valence-corrected chi connectivity index (χ1v) is 8.67. The van der Waals surface area contributed by atoms with Crippen molar-refractivity contribution in [1.29, 1.82) is 0 Å². The van der Waals surface area contributed by atoms with Crippen molar-refractivity contribution in [3.8, 4) is 5.75 Å². The zero-order valence-electron chi connectivity index (χ0n) is 14.5. The van der Waals surface area contributed by atoms with Gasteiger partial charge < -0.3 is 10.1 Å². The van der Waals surface area contributed by atoms with Crippen molar-refractivity contribution in [3.63, 3.8) is 0 Å². The van der Waals surface area contributed by atoms with E-state index >= 15 is 0 Å². The van der Waals surface area contributed by atoms with E-state index in [1.54, 1.807) is 19.3 Å². The van der Waals surface area contributed by atoms with Crippen molar-refractivity contribution < 1.29 is 9.53 Å². The summed E-state index contributed by atoms with van der Waals surface area (Å²) in [5.74, 6) is 0.471. The van der Waals surface area contributed by atoms with Gasteiger partial charge in [0, 0.05) is 17.6 Å². The summed E-state index contributed by atoms with van der Waals surface area (Å²) in [5, 5.41) is 3.98. The van der Waals surface area contributed by atoms with Crippen molar-refractivity contribution in [2.75, 3.05) is 7.11 Å². The lowest BCUT2D eigenvalue weighted by Crippen LogP contribution is -2.45. The zero-order chi connectivity index (χ0) is 18.9. The van der Waals surface area contributed by atoms with Crippen LogP contribution in [0.15, 0.2) is 48.5 Å². The van der Waals surface area contributed by atoms with Crippen LogP contribution in [-0.4, -0.2) is 18.1 Å². The van der Waals surface area contributed by atoms with Crippen molar-refractivity contribution >= 4 is 40.9 Å². The molecule has 0 fully saturated rings. The molecule has 5 nitrogen and oxygen atoms in total. The summed E-state index contributed by atoms with van der Waals surface area (Å²) >= 11 is 11.2. The molecule has 0 aromatic heterocycles. The first-order chi connectivity index (χ1) is 12.5. The van der Waals surface area contributed by atoms with Gasteiger partial charge in [0.2, 0.25) is 0 Å². The molecule has 0 unspecified atom stereocenters. The Kier molecular flexibility index (Phi) is 7.44. The summed E-state index contributed by atoms with van der Waals surface area (Å²) in [7, 11) is 1.62. The van der Waals surface area contributed by atoms with Gasteiger partial charge in [-0.2, -0.15) is 0 Å². The van der Waals surface area contributed by atoms with Crippen molar-refractivity contribution in [2.24, 2.45) is 0 Å². The molecule has 0 aliphatic carbocycles. The normalized spacial score (nSPS) is 10.4. The van der Waals surface area contributed by atoms with E-state index < -0.39 is 0 Å². The van der Waals surface area contributed by atoms with Crippen LogP contribution in [0.4, 0.5) is 0 Å². The molecule has 0 saturated carbocycles. The second-order valence-electron chi connectivity index (χ2n) is 5.49. The second-order valence-corrected chi connectivity index (χ2v) is 6.30. The Morgan fingerprint density at radius 2 is 1.92 bits per heavy atom. The molecule has 1 amide bonds. The number of nitrogens with one attached hydrogen (secondary N) is 3. The average Bonchev–Trinajstić information content (AvgIpc) is 2.66.